The Hall–Kier alpha value is -1.91. The average Bonchev–Trinajstić information content (AvgIpc) is 2.55. The first kappa shape index (κ1) is 17.4. The summed E-state index contributed by atoms with van der Waals surface area (Å²) in [7, 11) is 0. The van der Waals surface area contributed by atoms with Crippen molar-refractivity contribution in [2.75, 3.05) is 23.8 Å². The molecule has 2 rings (SSSR count). The van der Waals surface area contributed by atoms with Crippen molar-refractivity contribution in [2.45, 2.75) is 13.3 Å². The molecule has 0 radical (unpaired) electrons. The first-order valence-corrected chi connectivity index (χ1v) is 8.05. The molecule has 2 aromatic carbocycles. The van der Waals surface area contributed by atoms with Gasteiger partial charge in [-0.3, -0.25) is 4.79 Å². The molecule has 0 fully saturated rings. The first-order chi connectivity index (χ1) is 11.1. The molecule has 0 saturated carbocycles. The fourth-order valence-corrected chi connectivity index (χ4v) is 2.20. The first-order valence-electron chi connectivity index (χ1n) is 7.30. The quantitative estimate of drug-likeness (QED) is 0.749. The third-order valence-electron chi connectivity index (χ3n) is 2.98. The van der Waals surface area contributed by atoms with Gasteiger partial charge in [0.05, 0.1) is 23.9 Å². The fourth-order valence-electron chi connectivity index (χ4n) is 1.86. The van der Waals surface area contributed by atoms with Crippen LogP contribution in [0.1, 0.15) is 13.3 Å². The van der Waals surface area contributed by atoms with Crippen molar-refractivity contribution >= 4 is 40.5 Å². The molecule has 0 aromatic heterocycles. The van der Waals surface area contributed by atoms with E-state index in [0.29, 0.717) is 22.3 Å². The monoisotopic (exact) mass is 352 g/mol. The normalized spacial score (nSPS) is 10.2. The Labute approximate surface area is 145 Å². The zero-order valence-corrected chi connectivity index (χ0v) is 14.2. The van der Waals surface area contributed by atoms with Crippen molar-refractivity contribution in [3.8, 4) is 5.75 Å². The van der Waals surface area contributed by atoms with Crippen molar-refractivity contribution in [1.82, 2.24) is 0 Å². The van der Waals surface area contributed by atoms with Gasteiger partial charge in [0.25, 0.3) is 0 Å². The summed E-state index contributed by atoms with van der Waals surface area (Å²) in [6.07, 6.45) is 0.965. The van der Waals surface area contributed by atoms with Crippen LogP contribution in [-0.2, 0) is 4.79 Å². The van der Waals surface area contributed by atoms with Gasteiger partial charge in [0.1, 0.15) is 5.75 Å². The SMILES string of the molecule is CCCOc1ccc(NCC(=O)Nc2cc(Cl)ccc2Cl)cc1. The van der Waals surface area contributed by atoms with E-state index in [4.69, 9.17) is 27.9 Å². The number of hydrogen-bond donors (Lipinski definition) is 2. The Balaban J connectivity index is 1.85. The maximum atomic E-state index is 12.0. The molecule has 6 heteroatoms. The second-order valence-corrected chi connectivity index (χ2v) is 5.74. The molecule has 2 N–H and O–H groups in total. The van der Waals surface area contributed by atoms with Crippen molar-refractivity contribution < 1.29 is 9.53 Å². The van der Waals surface area contributed by atoms with E-state index < -0.39 is 0 Å². The second kappa shape index (κ2) is 8.65. The molecule has 2 aromatic rings. The predicted octanol–water partition coefficient (Wildman–Crippen LogP) is 4.83. The number of benzene rings is 2. The summed E-state index contributed by atoms with van der Waals surface area (Å²) in [5.41, 5.74) is 1.33. The molecule has 23 heavy (non-hydrogen) atoms. The molecule has 1 amide bonds. The molecule has 0 aliphatic heterocycles. The zero-order chi connectivity index (χ0) is 16.7. The summed E-state index contributed by atoms with van der Waals surface area (Å²) in [6, 6.07) is 12.4. The molecule has 0 heterocycles. The van der Waals surface area contributed by atoms with Crippen LogP contribution >= 0.6 is 23.2 Å². The number of carbonyl (C=O) groups excluding carboxylic acids is 1. The maximum Gasteiger partial charge on any atom is 0.243 e. The van der Waals surface area contributed by atoms with E-state index in [-0.39, 0.29) is 12.5 Å². The second-order valence-electron chi connectivity index (χ2n) is 4.90. The number of rotatable bonds is 7. The third-order valence-corrected chi connectivity index (χ3v) is 3.55. The molecule has 0 aliphatic carbocycles. The van der Waals surface area contributed by atoms with Gasteiger partial charge in [-0.1, -0.05) is 30.1 Å². The smallest absolute Gasteiger partial charge is 0.243 e. The van der Waals surface area contributed by atoms with Gasteiger partial charge in [-0.05, 0) is 48.9 Å². The number of carbonyl (C=O) groups is 1. The molecule has 0 aliphatic rings. The Morgan fingerprint density at radius 2 is 1.87 bits per heavy atom. The molecular formula is C17H18Cl2N2O2. The Bertz CT molecular complexity index is 660. The number of anilines is 2. The third kappa shape index (κ3) is 5.66. The molecule has 0 saturated heterocycles. The van der Waals surface area contributed by atoms with E-state index in [9.17, 15) is 4.79 Å². The molecule has 0 bridgehead atoms. The van der Waals surface area contributed by atoms with Crippen LogP contribution in [-0.4, -0.2) is 19.1 Å². The van der Waals surface area contributed by atoms with Crippen LogP contribution in [0.2, 0.25) is 10.0 Å². The lowest BCUT2D eigenvalue weighted by Gasteiger charge is -2.10. The summed E-state index contributed by atoms with van der Waals surface area (Å²) in [6.45, 7) is 2.87. The summed E-state index contributed by atoms with van der Waals surface area (Å²) >= 11 is 11.9. The summed E-state index contributed by atoms with van der Waals surface area (Å²) in [5, 5.41) is 6.72. The lowest BCUT2D eigenvalue weighted by molar-refractivity contribution is -0.114. The minimum atomic E-state index is -0.208. The lowest BCUT2D eigenvalue weighted by atomic mass is 10.3. The van der Waals surface area contributed by atoms with Crippen LogP contribution in [0, 0.1) is 0 Å². The lowest BCUT2D eigenvalue weighted by Crippen LogP contribution is -2.21. The zero-order valence-electron chi connectivity index (χ0n) is 12.7. The van der Waals surface area contributed by atoms with Crippen LogP contribution in [0.15, 0.2) is 42.5 Å². The number of amides is 1. The number of hydrogen-bond acceptors (Lipinski definition) is 3. The van der Waals surface area contributed by atoms with Gasteiger partial charge in [-0.15, -0.1) is 0 Å². The summed E-state index contributed by atoms with van der Waals surface area (Å²) in [5.74, 6) is 0.605. The van der Waals surface area contributed by atoms with Gasteiger partial charge < -0.3 is 15.4 Å². The van der Waals surface area contributed by atoms with E-state index in [2.05, 4.69) is 17.6 Å². The maximum absolute atomic E-state index is 12.0. The van der Waals surface area contributed by atoms with Crippen molar-refractivity contribution in [1.29, 1.82) is 0 Å². The fraction of sp³-hybridized carbons (Fsp3) is 0.235. The predicted molar refractivity (Wildman–Crippen MR) is 95.8 cm³/mol. The Kier molecular flexibility index (Phi) is 6.56. The van der Waals surface area contributed by atoms with Crippen LogP contribution in [0.25, 0.3) is 0 Å². The van der Waals surface area contributed by atoms with Gasteiger partial charge >= 0.3 is 0 Å². The molecule has 0 spiro atoms. The highest BCUT2D eigenvalue weighted by Gasteiger charge is 2.06. The van der Waals surface area contributed by atoms with E-state index >= 15 is 0 Å². The van der Waals surface area contributed by atoms with E-state index in [1.165, 1.54) is 0 Å². The van der Waals surface area contributed by atoms with Crippen molar-refractivity contribution in [3.63, 3.8) is 0 Å². The van der Waals surface area contributed by atoms with E-state index in [0.717, 1.165) is 17.9 Å². The molecule has 0 unspecified atom stereocenters. The molecular weight excluding hydrogens is 335 g/mol. The molecule has 122 valence electrons. The Morgan fingerprint density at radius 1 is 1.13 bits per heavy atom. The van der Waals surface area contributed by atoms with Gasteiger partial charge in [-0.2, -0.15) is 0 Å². The van der Waals surface area contributed by atoms with E-state index in [1.54, 1.807) is 18.2 Å². The van der Waals surface area contributed by atoms with E-state index in [1.807, 2.05) is 24.3 Å². The van der Waals surface area contributed by atoms with Crippen LogP contribution in [0.5, 0.6) is 5.75 Å². The highest BCUT2D eigenvalue weighted by molar-refractivity contribution is 6.35. The summed E-state index contributed by atoms with van der Waals surface area (Å²) < 4.78 is 5.50. The highest BCUT2D eigenvalue weighted by Crippen LogP contribution is 2.25. The van der Waals surface area contributed by atoms with Gasteiger partial charge in [0, 0.05) is 10.7 Å². The molecule has 0 atom stereocenters. The largest absolute Gasteiger partial charge is 0.494 e. The summed E-state index contributed by atoms with van der Waals surface area (Å²) in [4.78, 5) is 12.0. The molecule has 4 nitrogen and oxygen atoms in total. The highest BCUT2D eigenvalue weighted by atomic mass is 35.5. The minimum absolute atomic E-state index is 0.123. The van der Waals surface area contributed by atoms with Crippen molar-refractivity contribution in [3.05, 3.63) is 52.5 Å². The van der Waals surface area contributed by atoms with Crippen LogP contribution in [0.3, 0.4) is 0 Å². The minimum Gasteiger partial charge on any atom is -0.494 e. The standard InChI is InChI=1S/C17H18Cl2N2O2/c1-2-9-23-14-6-4-13(5-7-14)20-11-17(22)21-16-10-12(18)3-8-15(16)19/h3-8,10,20H,2,9,11H2,1H3,(H,21,22). The Morgan fingerprint density at radius 3 is 2.57 bits per heavy atom. The number of halogens is 2. The number of nitrogens with one attached hydrogen (secondary N) is 2. The van der Waals surface area contributed by atoms with Crippen LogP contribution in [0.4, 0.5) is 11.4 Å². The number of ether oxygens (including phenoxy) is 1. The van der Waals surface area contributed by atoms with Crippen LogP contribution < -0.4 is 15.4 Å². The van der Waals surface area contributed by atoms with Gasteiger partial charge in [0.15, 0.2) is 0 Å². The van der Waals surface area contributed by atoms with Gasteiger partial charge in [-0.25, -0.2) is 0 Å². The topological polar surface area (TPSA) is 50.4 Å². The average molecular weight is 353 g/mol. The van der Waals surface area contributed by atoms with Gasteiger partial charge in [0.2, 0.25) is 5.91 Å². The van der Waals surface area contributed by atoms with Crippen molar-refractivity contribution in [2.24, 2.45) is 0 Å².